The molecule has 2 aromatic carbocycles. The number of allylic oxidation sites excluding steroid dienone is 1. The van der Waals surface area contributed by atoms with Gasteiger partial charge in [-0.3, -0.25) is 0 Å². The highest BCUT2D eigenvalue weighted by Crippen LogP contribution is 2.61. The number of hydrogen-bond acceptors (Lipinski definition) is 5. The third kappa shape index (κ3) is 1.41. The van der Waals surface area contributed by atoms with Crippen LogP contribution in [-0.2, 0) is 20.9 Å². The van der Waals surface area contributed by atoms with Gasteiger partial charge in [-0.2, -0.15) is 0 Å². The number of aliphatic hydroxyl groups is 2. The van der Waals surface area contributed by atoms with Crippen LogP contribution in [0.2, 0.25) is 0 Å². The minimum absolute atomic E-state index is 0.0954. The maximum absolute atomic E-state index is 12.6. The van der Waals surface area contributed by atoms with Crippen LogP contribution in [0.1, 0.15) is 25.0 Å². The van der Waals surface area contributed by atoms with Gasteiger partial charge in [-0.15, -0.1) is 0 Å². The molecule has 5 nitrogen and oxygen atoms in total. The Hall–Kier alpha value is -2.37. The fraction of sp³-hybridized carbons (Fsp3) is 0.316. The Kier molecular flexibility index (Phi) is 2.90. The molecule has 2 unspecified atom stereocenters. The fourth-order valence-corrected chi connectivity index (χ4v) is 4.22. The number of fused-ring (bicyclic) bond motifs is 3. The summed E-state index contributed by atoms with van der Waals surface area (Å²) in [4.78, 5) is 14.1. The molecule has 0 spiro atoms. The molecule has 1 aliphatic carbocycles. The lowest BCUT2D eigenvalue weighted by Gasteiger charge is -2.39. The van der Waals surface area contributed by atoms with E-state index >= 15 is 0 Å². The Balaban J connectivity index is 2.10. The van der Waals surface area contributed by atoms with Crippen molar-refractivity contribution in [2.45, 2.75) is 25.2 Å². The first-order chi connectivity index (χ1) is 11.4. The summed E-state index contributed by atoms with van der Waals surface area (Å²) in [6.07, 6.45) is 0. The average molecular weight is 325 g/mol. The molecule has 2 atom stereocenters. The SMILES string of the molecule is CCOC(=O)C1=C(C)N(C)C2(O)c3cccc4cccc(c34)C12O. The van der Waals surface area contributed by atoms with Gasteiger partial charge in [0.15, 0.2) is 5.60 Å². The summed E-state index contributed by atoms with van der Waals surface area (Å²) in [5, 5.41) is 25.0. The van der Waals surface area contributed by atoms with Crippen molar-refractivity contribution < 1.29 is 19.7 Å². The predicted molar refractivity (Wildman–Crippen MR) is 88.8 cm³/mol. The van der Waals surface area contributed by atoms with Gasteiger partial charge in [-0.25, -0.2) is 4.79 Å². The molecule has 124 valence electrons. The molecular formula is C19H19NO4. The molecule has 2 aliphatic rings. The van der Waals surface area contributed by atoms with E-state index in [9.17, 15) is 15.0 Å². The largest absolute Gasteiger partial charge is 0.462 e. The van der Waals surface area contributed by atoms with Crippen LogP contribution in [0.5, 0.6) is 0 Å². The highest BCUT2D eigenvalue weighted by molar-refractivity contribution is 6.00. The van der Waals surface area contributed by atoms with Crippen LogP contribution in [0.3, 0.4) is 0 Å². The van der Waals surface area contributed by atoms with Gasteiger partial charge in [0.25, 0.3) is 0 Å². The second-order valence-corrected chi connectivity index (χ2v) is 6.33. The molecule has 0 fully saturated rings. The first-order valence-electron chi connectivity index (χ1n) is 7.98. The summed E-state index contributed by atoms with van der Waals surface area (Å²) >= 11 is 0. The topological polar surface area (TPSA) is 70.0 Å². The molecule has 0 radical (unpaired) electrons. The number of carbonyl (C=O) groups is 1. The Labute approximate surface area is 139 Å². The second kappa shape index (κ2) is 4.59. The zero-order valence-corrected chi connectivity index (χ0v) is 13.8. The zero-order valence-electron chi connectivity index (χ0n) is 13.8. The van der Waals surface area contributed by atoms with E-state index in [2.05, 4.69) is 0 Å². The molecule has 4 rings (SSSR count). The van der Waals surface area contributed by atoms with Gasteiger partial charge >= 0.3 is 5.97 Å². The van der Waals surface area contributed by atoms with E-state index in [-0.39, 0.29) is 12.2 Å². The number of esters is 1. The van der Waals surface area contributed by atoms with E-state index < -0.39 is 17.3 Å². The Morgan fingerprint density at radius 1 is 1.17 bits per heavy atom. The van der Waals surface area contributed by atoms with Crippen LogP contribution in [0, 0.1) is 0 Å². The summed E-state index contributed by atoms with van der Waals surface area (Å²) in [6, 6.07) is 11.1. The molecule has 0 bridgehead atoms. The summed E-state index contributed by atoms with van der Waals surface area (Å²) in [5.41, 5.74) is -1.86. The maximum atomic E-state index is 12.6. The van der Waals surface area contributed by atoms with Crippen LogP contribution < -0.4 is 0 Å². The third-order valence-corrected chi connectivity index (χ3v) is 5.37. The molecule has 0 aromatic heterocycles. The summed E-state index contributed by atoms with van der Waals surface area (Å²) in [5.74, 6) is -0.606. The van der Waals surface area contributed by atoms with E-state index in [1.54, 1.807) is 37.9 Å². The minimum atomic E-state index is -1.86. The quantitative estimate of drug-likeness (QED) is 0.826. The number of likely N-dealkylation sites (N-methyl/N-ethyl adjacent to an activating group) is 1. The number of hydrogen-bond donors (Lipinski definition) is 2. The highest BCUT2D eigenvalue weighted by Gasteiger charge is 2.68. The molecule has 1 aliphatic heterocycles. The average Bonchev–Trinajstić information content (AvgIpc) is 2.86. The van der Waals surface area contributed by atoms with Crippen LogP contribution in [-0.4, -0.2) is 34.7 Å². The number of benzene rings is 2. The molecule has 5 heteroatoms. The predicted octanol–water partition coefficient (Wildman–Crippen LogP) is 1.97. The smallest absolute Gasteiger partial charge is 0.339 e. The number of nitrogens with zero attached hydrogens (tertiary/aromatic N) is 1. The van der Waals surface area contributed by atoms with Crippen molar-refractivity contribution in [3.05, 3.63) is 58.8 Å². The van der Waals surface area contributed by atoms with E-state index in [1.165, 1.54) is 0 Å². The highest BCUT2D eigenvalue weighted by atomic mass is 16.5. The van der Waals surface area contributed by atoms with Gasteiger partial charge < -0.3 is 19.8 Å². The standard InChI is InChI=1S/C19H19NO4/c1-4-24-17(21)16-11(2)20(3)19(23)14-10-6-8-12-7-5-9-13(15(12)14)18(16,19)22/h5-10,22-23H,4H2,1-3H3. The van der Waals surface area contributed by atoms with Crippen LogP contribution >= 0.6 is 0 Å². The van der Waals surface area contributed by atoms with E-state index in [0.717, 1.165) is 10.8 Å². The second-order valence-electron chi connectivity index (χ2n) is 6.33. The van der Waals surface area contributed by atoms with Crippen LogP contribution in [0.4, 0.5) is 0 Å². The minimum Gasteiger partial charge on any atom is -0.462 e. The van der Waals surface area contributed by atoms with Gasteiger partial charge in [0.2, 0.25) is 5.72 Å². The molecule has 1 heterocycles. The molecular weight excluding hydrogens is 306 g/mol. The zero-order chi connectivity index (χ0) is 17.3. The molecule has 0 saturated heterocycles. The van der Waals surface area contributed by atoms with Crippen molar-refractivity contribution in [2.75, 3.05) is 13.7 Å². The van der Waals surface area contributed by atoms with Gasteiger partial charge in [-0.1, -0.05) is 36.4 Å². The lowest BCUT2D eigenvalue weighted by Crippen LogP contribution is -2.52. The van der Waals surface area contributed by atoms with Crippen LogP contribution in [0.15, 0.2) is 47.7 Å². The van der Waals surface area contributed by atoms with Gasteiger partial charge in [-0.05, 0) is 24.6 Å². The van der Waals surface area contributed by atoms with Crippen molar-refractivity contribution >= 4 is 16.7 Å². The number of carbonyl (C=O) groups excluding carboxylic acids is 1. The van der Waals surface area contributed by atoms with E-state index in [1.807, 2.05) is 24.3 Å². The third-order valence-electron chi connectivity index (χ3n) is 5.37. The summed E-state index contributed by atoms with van der Waals surface area (Å²) in [6.45, 7) is 3.63. The van der Waals surface area contributed by atoms with E-state index in [0.29, 0.717) is 16.8 Å². The van der Waals surface area contributed by atoms with Gasteiger partial charge in [0.1, 0.15) is 0 Å². The Morgan fingerprint density at radius 3 is 2.42 bits per heavy atom. The Bertz CT molecular complexity index is 913. The number of rotatable bonds is 2. The van der Waals surface area contributed by atoms with Crippen molar-refractivity contribution in [3.63, 3.8) is 0 Å². The maximum Gasteiger partial charge on any atom is 0.339 e. The van der Waals surface area contributed by atoms with E-state index in [4.69, 9.17) is 4.74 Å². The molecule has 0 saturated carbocycles. The lowest BCUT2D eigenvalue weighted by atomic mass is 9.83. The van der Waals surface area contributed by atoms with Crippen molar-refractivity contribution in [2.24, 2.45) is 0 Å². The lowest BCUT2D eigenvalue weighted by molar-refractivity contribution is -0.193. The first-order valence-corrected chi connectivity index (χ1v) is 7.98. The van der Waals surface area contributed by atoms with Crippen LogP contribution in [0.25, 0.3) is 10.8 Å². The van der Waals surface area contributed by atoms with Crippen molar-refractivity contribution in [1.82, 2.24) is 4.90 Å². The van der Waals surface area contributed by atoms with Gasteiger partial charge in [0, 0.05) is 23.9 Å². The summed E-state index contributed by atoms with van der Waals surface area (Å²) < 4.78 is 5.16. The van der Waals surface area contributed by atoms with Crippen molar-refractivity contribution in [1.29, 1.82) is 0 Å². The van der Waals surface area contributed by atoms with Crippen molar-refractivity contribution in [3.8, 4) is 0 Å². The first kappa shape index (κ1) is 15.2. The fourth-order valence-electron chi connectivity index (χ4n) is 4.22. The Morgan fingerprint density at radius 2 is 1.79 bits per heavy atom. The molecule has 0 amide bonds. The summed E-state index contributed by atoms with van der Waals surface area (Å²) in [7, 11) is 1.68. The monoisotopic (exact) mass is 325 g/mol. The number of ether oxygens (including phenoxy) is 1. The molecule has 2 N–H and O–H groups in total. The van der Waals surface area contributed by atoms with Gasteiger partial charge in [0.05, 0.1) is 12.2 Å². The normalized spacial score (nSPS) is 27.8. The molecule has 24 heavy (non-hydrogen) atoms. The molecule has 2 aromatic rings.